The molecule has 1 aliphatic rings. The first kappa shape index (κ1) is 17.0. The Hall–Kier alpha value is -1.40. The Labute approximate surface area is 132 Å². The van der Waals surface area contributed by atoms with Crippen LogP contribution in [0.4, 0.5) is 0 Å². The quantitative estimate of drug-likeness (QED) is 0.926. The number of benzene rings is 1. The maximum Gasteiger partial charge on any atom is 0.322 e. The van der Waals surface area contributed by atoms with Gasteiger partial charge in [-0.1, -0.05) is 0 Å². The lowest BCUT2D eigenvalue weighted by molar-refractivity contribution is -0.140. The molecule has 0 saturated carbocycles. The highest BCUT2D eigenvalue weighted by Gasteiger charge is 2.41. The van der Waals surface area contributed by atoms with Crippen molar-refractivity contribution in [3.63, 3.8) is 0 Å². The van der Waals surface area contributed by atoms with Crippen LogP contribution >= 0.6 is 0 Å². The number of nitrogens with zero attached hydrogens (tertiary/aromatic N) is 1. The molecule has 1 fully saturated rings. The van der Waals surface area contributed by atoms with E-state index < -0.39 is 22.0 Å². The highest BCUT2D eigenvalue weighted by atomic mass is 32.2. The molecule has 1 N–H and O–H groups in total. The minimum absolute atomic E-state index is 0.268. The van der Waals surface area contributed by atoms with E-state index in [4.69, 9.17) is 0 Å². The third-order valence-electron chi connectivity index (χ3n) is 4.99. The summed E-state index contributed by atoms with van der Waals surface area (Å²) >= 11 is 0. The topological polar surface area (TPSA) is 74.7 Å². The van der Waals surface area contributed by atoms with E-state index in [0.717, 1.165) is 32.1 Å². The lowest BCUT2D eigenvalue weighted by Gasteiger charge is -2.25. The number of carboxylic acid groups (broad SMARTS) is 1. The van der Waals surface area contributed by atoms with Gasteiger partial charge < -0.3 is 5.11 Å². The summed E-state index contributed by atoms with van der Waals surface area (Å²) in [6.45, 7) is 9.67. The molecule has 0 amide bonds. The minimum atomic E-state index is -3.80. The molecule has 1 aromatic rings. The van der Waals surface area contributed by atoms with E-state index in [0.29, 0.717) is 12.8 Å². The summed E-state index contributed by atoms with van der Waals surface area (Å²) in [6, 6.07) is -0.953. The van der Waals surface area contributed by atoms with Gasteiger partial charge in [-0.2, -0.15) is 4.31 Å². The summed E-state index contributed by atoms with van der Waals surface area (Å²) in [7, 11) is -3.80. The van der Waals surface area contributed by atoms with Crippen LogP contribution in [-0.2, 0) is 14.8 Å². The standard InChI is InChI=1S/C16H23NO4S/c1-9-10(2)12(4)15(13(5)11(9)3)22(20,21)17-8-6-7-14(17)16(18)19/h14H,6-8H2,1-5H3,(H,18,19). The maximum absolute atomic E-state index is 13.1. The molecule has 22 heavy (non-hydrogen) atoms. The maximum atomic E-state index is 13.1. The first-order chi connectivity index (χ1) is 10.1. The molecule has 0 spiro atoms. The van der Waals surface area contributed by atoms with E-state index in [1.165, 1.54) is 0 Å². The molecule has 1 unspecified atom stereocenters. The van der Waals surface area contributed by atoms with Gasteiger partial charge in [0.1, 0.15) is 6.04 Å². The van der Waals surface area contributed by atoms with Crippen LogP contribution in [-0.4, -0.2) is 36.4 Å². The van der Waals surface area contributed by atoms with Crippen molar-refractivity contribution >= 4 is 16.0 Å². The van der Waals surface area contributed by atoms with Crippen molar-refractivity contribution in [1.29, 1.82) is 0 Å². The van der Waals surface area contributed by atoms with E-state index in [-0.39, 0.29) is 11.4 Å². The molecule has 1 heterocycles. The molecular weight excluding hydrogens is 302 g/mol. The number of rotatable bonds is 3. The molecule has 0 aromatic heterocycles. The molecule has 1 aromatic carbocycles. The normalized spacial score (nSPS) is 19.6. The molecule has 0 bridgehead atoms. The van der Waals surface area contributed by atoms with Gasteiger partial charge in [-0.3, -0.25) is 4.79 Å². The fourth-order valence-electron chi connectivity index (χ4n) is 3.24. The Morgan fingerprint density at radius 2 is 1.45 bits per heavy atom. The zero-order valence-electron chi connectivity index (χ0n) is 13.7. The van der Waals surface area contributed by atoms with Crippen LogP contribution in [0.25, 0.3) is 0 Å². The zero-order valence-corrected chi connectivity index (χ0v) is 14.5. The van der Waals surface area contributed by atoms with E-state index >= 15 is 0 Å². The molecule has 0 radical (unpaired) electrons. The van der Waals surface area contributed by atoms with E-state index in [2.05, 4.69) is 0 Å². The van der Waals surface area contributed by atoms with Crippen LogP contribution in [0.2, 0.25) is 0 Å². The van der Waals surface area contributed by atoms with Crippen molar-refractivity contribution < 1.29 is 18.3 Å². The summed E-state index contributed by atoms with van der Waals surface area (Å²) in [4.78, 5) is 11.6. The lowest BCUT2D eigenvalue weighted by atomic mass is 9.95. The van der Waals surface area contributed by atoms with Crippen LogP contribution in [0, 0.1) is 34.6 Å². The molecule has 6 heteroatoms. The molecule has 1 saturated heterocycles. The van der Waals surface area contributed by atoms with Crippen LogP contribution in [0.5, 0.6) is 0 Å². The molecule has 122 valence electrons. The predicted octanol–water partition coefficient (Wildman–Crippen LogP) is 2.47. The molecular formula is C16H23NO4S. The second-order valence-electron chi connectivity index (χ2n) is 6.07. The molecule has 5 nitrogen and oxygen atoms in total. The highest BCUT2D eigenvalue weighted by Crippen LogP contribution is 2.34. The Kier molecular flexibility index (Phi) is 4.37. The Bertz CT molecular complexity index is 708. The van der Waals surface area contributed by atoms with Crippen molar-refractivity contribution in [2.75, 3.05) is 6.54 Å². The largest absolute Gasteiger partial charge is 0.480 e. The van der Waals surface area contributed by atoms with Crippen molar-refractivity contribution in [3.8, 4) is 0 Å². The number of aliphatic carboxylic acids is 1. The minimum Gasteiger partial charge on any atom is -0.480 e. The number of carbonyl (C=O) groups is 1. The summed E-state index contributed by atoms with van der Waals surface area (Å²) in [6.07, 6.45) is 0.953. The summed E-state index contributed by atoms with van der Waals surface area (Å²) < 4.78 is 27.3. The van der Waals surface area contributed by atoms with Crippen LogP contribution in [0.1, 0.15) is 40.7 Å². The Balaban J connectivity index is 2.68. The number of carboxylic acids is 1. The SMILES string of the molecule is Cc1c(C)c(C)c(S(=O)(=O)N2CCCC2C(=O)O)c(C)c1C. The van der Waals surface area contributed by atoms with Crippen LogP contribution < -0.4 is 0 Å². The van der Waals surface area contributed by atoms with E-state index in [1.54, 1.807) is 13.8 Å². The van der Waals surface area contributed by atoms with Gasteiger partial charge in [-0.25, -0.2) is 8.42 Å². The highest BCUT2D eigenvalue weighted by molar-refractivity contribution is 7.89. The second-order valence-corrected chi connectivity index (χ2v) is 7.89. The number of hydrogen-bond donors (Lipinski definition) is 1. The van der Waals surface area contributed by atoms with Gasteiger partial charge in [0.05, 0.1) is 4.90 Å². The summed E-state index contributed by atoms with van der Waals surface area (Å²) in [5.74, 6) is -1.07. The summed E-state index contributed by atoms with van der Waals surface area (Å²) in [5.41, 5.74) is 4.43. The molecule has 0 aliphatic carbocycles. The fraction of sp³-hybridized carbons (Fsp3) is 0.562. The van der Waals surface area contributed by atoms with E-state index in [1.807, 2.05) is 20.8 Å². The van der Waals surface area contributed by atoms with Crippen molar-refractivity contribution in [3.05, 3.63) is 27.8 Å². The van der Waals surface area contributed by atoms with Crippen LogP contribution in [0.3, 0.4) is 0 Å². The molecule has 1 aliphatic heterocycles. The summed E-state index contributed by atoms with van der Waals surface area (Å²) in [5, 5.41) is 9.28. The van der Waals surface area contributed by atoms with E-state index in [9.17, 15) is 18.3 Å². The van der Waals surface area contributed by atoms with Crippen molar-refractivity contribution in [2.45, 2.75) is 58.4 Å². The van der Waals surface area contributed by atoms with Gasteiger partial charge >= 0.3 is 5.97 Å². The smallest absolute Gasteiger partial charge is 0.322 e. The molecule has 1 atom stereocenters. The monoisotopic (exact) mass is 325 g/mol. The number of sulfonamides is 1. The fourth-order valence-corrected chi connectivity index (χ4v) is 5.46. The Morgan fingerprint density at radius 1 is 1.00 bits per heavy atom. The van der Waals surface area contributed by atoms with Crippen molar-refractivity contribution in [2.24, 2.45) is 0 Å². The van der Waals surface area contributed by atoms with Gasteiger partial charge in [0.25, 0.3) is 0 Å². The zero-order chi connectivity index (χ0) is 16.8. The predicted molar refractivity (Wildman–Crippen MR) is 84.7 cm³/mol. The first-order valence-corrected chi connectivity index (χ1v) is 8.86. The number of hydrogen-bond acceptors (Lipinski definition) is 3. The van der Waals surface area contributed by atoms with Gasteiger partial charge in [0, 0.05) is 6.54 Å². The third kappa shape index (κ3) is 2.44. The second kappa shape index (κ2) is 5.66. The third-order valence-corrected chi connectivity index (χ3v) is 7.17. The van der Waals surface area contributed by atoms with Gasteiger partial charge in [-0.15, -0.1) is 0 Å². The Morgan fingerprint density at radius 3 is 1.91 bits per heavy atom. The average Bonchev–Trinajstić information content (AvgIpc) is 2.93. The first-order valence-electron chi connectivity index (χ1n) is 7.42. The average molecular weight is 325 g/mol. The van der Waals surface area contributed by atoms with Crippen molar-refractivity contribution in [1.82, 2.24) is 4.31 Å². The van der Waals surface area contributed by atoms with Crippen LogP contribution in [0.15, 0.2) is 4.90 Å². The van der Waals surface area contributed by atoms with Gasteiger partial charge in [0.2, 0.25) is 10.0 Å². The molecule has 2 rings (SSSR count). The van der Waals surface area contributed by atoms with Gasteiger partial charge in [0.15, 0.2) is 0 Å². The van der Waals surface area contributed by atoms with Gasteiger partial charge in [-0.05, 0) is 75.3 Å². The lowest BCUT2D eigenvalue weighted by Crippen LogP contribution is -2.41.